The van der Waals surface area contributed by atoms with Crippen molar-refractivity contribution < 1.29 is 12.8 Å². The molecule has 1 aromatic rings. The number of fused-ring (bicyclic) bond motifs is 1. The first kappa shape index (κ1) is 15.2. The number of nitrogen functional groups attached to an aromatic ring is 1. The van der Waals surface area contributed by atoms with E-state index < -0.39 is 15.8 Å². The van der Waals surface area contributed by atoms with E-state index in [4.69, 9.17) is 5.73 Å². The highest BCUT2D eigenvalue weighted by Gasteiger charge is 2.42. The second-order valence-corrected chi connectivity index (χ2v) is 8.54. The van der Waals surface area contributed by atoms with E-state index in [0.29, 0.717) is 12.5 Å². The molecule has 4 nitrogen and oxygen atoms in total. The largest absolute Gasteiger partial charge is 0.399 e. The summed E-state index contributed by atoms with van der Waals surface area (Å²) < 4.78 is 41.6. The van der Waals surface area contributed by atoms with Gasteiger partial charge in [0.25, 0.3) is 0 Å². The molecule has 116 valence electrons. The number of piperidine rings is 1. The minimum absolute atomic E-state index is 0.0170. The van der Waals surface area contributed by atoms with Crippen molar-refractivity contribution in [2.45, 2.75) is 43.0 Å². The van der Waals surface area contributed by atoms with Gasteiger partial charge in [-0.3, -0.25) is 0 Å². The summed E-state index contributed by atoms with van der Waals surface area (Å²) >= 11 is 3.03. The van der Waals surface area contributed by atoms with Gasteiger partial charge in [0.1, 0.15) is 4.90 Å². The molecular weight excluding hydrogens is 359 g/mol. The van der Waals surface area contributed by atoms with Crippen molar-refractivity contribution in [2.24, 2.45) is 5.92 Å². The molecule has 7 heteroatoms. The van der Waals surface area contributed by atoms with Crippen molar-refractivity contribution in [3.05, 3.63) is 22.4 Å². The van der Waals surface area contributed by atoms with Crippen LogP contribution in [0.3, 0.4) is 0 Å². The van der Waals surface area contributed by atoms with Gasteiger partial charge in [0.05, 0.1) is 4.47 Å². The molecule has 1 saturated heterocycles. The zero-order chi connectivity index (χ0) is 15.2. The molecule has 0 spiro atoms. The lowest BCUT2D eigenvalue weighted by molar-refractivity contribution is 0.201. The summed E-state index contributed by atoms with van der Waals surface area (Å²) in [6.45, 7) is 0.468. The van der Waals surface area contributed by atoms with E-state index in [1.165, 1.54) is 16.4 Å². The van der Waals surface area contributed by atoms with Gasteiger partial charge in [-0.15, -0.1) is 0 Å². The number of anilines is 1. The molecule has 1 aromatic carbocycles. The maximum Gasteiger partial charge on any atom is 0.246 e. The highest BCUT2D eigenvalue weighted by molar-refractivity contribution is 9.10. The number of nitrogens with zero attached hydrogens (tertiary/aromatic N) is 1. The fraction of sp³-hybridized carbons (Fsp3) is 0.571. The molecule has 2 unspecified atom stereocenters. The van der Waals surface area contributed by atoms with Crippen LogP contribution in [0.5, 0.6) is 0 Å². The molecule has 1 heterocycles. The topological polar surface area (TPSA) is 63.4 Å². The molecule has 3 rings (SSSR count). The number of hydrogen-bond donors (Lipinski definition) is 1. The van der Waals surface area contributed by atoms with Crippen molar-refractivity contribution in [3.63, 3.8) is 0 Å². The Morgan fingerprint density at radius 1 is 1.24 bits per heavy atom. The van der Waals surface area contributed by atoms with Crippen LogP contribution < -0.4 is 5.73 Å². The van der Waals surface area contributed by atoms with E-state index in [-0.39, 0.29) is 21.1 Å². The number of halogens is 2. The van der Waals surface area contributed by atoms with E-state index in [1.54, 1.807) is 0 Å². The SMILES string of the molecule is Nc1cc(Br)c(F)c(S(=O)(=O)N2CCCC3CCCC32)c1. The Morgan fingerprint density at radius 2 is 1.95 bits per heavy atom. The first-order valence-electron chi connectivity index (χ1n) is 7.17. The lowest BCUT2D eigenvalue weighted by atomic mass is 9.94. The fourth-order valence-corrected chi connectivity index (χ4v) is 6.09. The van der Waals surface area contributed by atoms with Gasteiger partial charge in [0.2, 0.25) is 10.0 Å². The monoisotopic (exact) mass is 376 g/mol. The van der Waals surface area contributed by atoms with Crippen LogP contribution in [0.2, 0.25) is 0 Å². The van der Waals surface area contributed by atoms with Crippen LogP contribution in [0.25, 0.3) is 0 Å². The summed E-state index contributed by atoms with van der Waals surface area (Å²) in [4.78, 5) is -0.318. The molecule has 2 atom stereocenters. The Kier molecular flexibility index (Phi) is 4.00. The van der Waals surface area contributed by atoms with Gasteiger partial charge < -0.3 is 5.73 Å². The van der Waals surface area contributed by atoms with E-state index in [2.05, 4.69) is 15.9 Å². The molecule has 2 fully saturated rings. The first-order chi connectivity index (χ1) is 9.91. The van der Waals surface area contributed by atoms with Gasteiger partial charge in [-0.1, -0.05) is 6.42 Å². The molecule has 0 radical (unpaired) electrons. The summed E-state index contributed by atoms with van der Waals surface area (Å²) in [5.74, 6) is -0.342. The summed E-state index contributed by atoms with van der Waals surface area (Å²) in [7, 11) is -3.84. The Balaban J connectivity index is 2.04. The Hall–Kier alpha value is -0.660. The third-order valence-electron chi connectivity index (χ3n) is 4.55. The molecular formula is C14H18BrFN2O2S. The maximum absolute atomic E-state index is 14.3. The number of sulfonamides is 1. The number of nitrogens with two attached hydrogens (primary N) is 1. The van der Waals surface area contributed by atoms with Crippen molar-refractivity contribution in [1.29, 1.82) is 0 Å². The maximum atomic E-state index is 14.3. The molecule has 0 amide bonds. The van der Waals surface area contributed by atoms with E-state index >= 15 is 0 Å². The fourth-order valence-electron chi connectivity index (χ4n) is 3.60. The Morgan fingerprint density at radius 3 is 2.71 bits per heavy atom. The normalized spacial score (nSPS) is 26.8. The van der Waals surface area contributed by atoms with Crippen molar-refractivity contribution in [2.75, 3.05) is 12.3 Å². The molecule has 2 N–H and O–H groups in total. The second-order valence-electron chi connectivity index (χ2n) is 5.83. The average molecular weight is 377 g/mol. The molecule has 0 bridgehead atoms. The van der Waals surface area contributed by atoms with Crippen LogP contribution in [0.1, 0.15) is 32.1 Å². The van der Waals surface area contributed by atoms with Crippen LogP contribution in [-0.4, -0.2) is 25.3 Å². The average Bonchev–Trinajstić information content (AvgIpc) is 2.90. The Labute approximate surface area is 132 Å². The zero-order valence-electron chi connectivity index (χ0n) is 11.6. The third-order valence-corrected chi connectivity index (χ3v) is 7.05. The number of benzene rings is 1. The lowest BCUT2D eigenvalue weighted by Crippen LogP contribution is -2.46. The summed E-state index contributed by atoms with van der Waals surface area (Å²) in [6.07, 6.45) is 4.89. The Bertz CT molecular complexity index is 665. The first-order valence-corrected chi connectivity index (χ1v) is 9.41. The van der Waals surface area contributed by atoms with Gasteiger partial charge >= 0.3 is 0 Å². The van der Waals surface area contributed by atoms with Crippen LogP contribution >= 0.6 is 15.9 Å². The number of rotatable bonds is 2. The molecule has 21 heavy (non-hydrogen) atoms. The molecule has 1 aliphatic heterocycles. The van der Waals surface area contributed by atoms with Gasteiger partial charge in [-0.25, -0.2) is 12.8 Å². The summed E-state index contributed by atoms with van der Waals surface area (Å²) in [6, 6.07) is 2.61. The predicted octanol–water partition coefficient (Wildman–Crippen LogP) is 3.12. The molecule has 2 aliphatic rings. The van der Waals surface area contributed by atoms with Gasteiger partial charge in [-0.05, 0) is 59.7 Å². The standard InChI is InChI=1S/C14H18BrFN2O2S/c15-11-7-10(17)8-13(14(11)16)21(19,20)18-6-2-4-9-3-1-5-12(9)18/h7-9,12H,1-6,17H2. The third kappa shape index (κ3) is 2.59. The quantitative estimate of drug-likeness (QED) is 0.806. The highest BCUT2D eigenvalue weighted by Crippen LogP contribution is 2.40. The van der Waals surface area contributed by atoms with E-state index in [0.717, 1.165) is 32.1 Å². The van der Waals surface area contributed by atoms with Crippen molar-refractivity contribution >= 4 is 31.6 Å². The van der Waals surface area contributed by atoms with E-state index in [1.807, 2.05) is 0 Å². The summed E-state index contributed by atoms with van der Waals surface area (Å²) in [5, 5.41) is 0. The molecule has 0 aromatic heterocycles. The van der Waals surface area contributed by atoms with E-state index in [9.17, 15) is 12.8 Å². The van der Waals surface area contributed by atoms with Crippen LogP contribution in [0.4, 0.5) is 10.1 Å². The van der Waals surface area contributed by atoms with Crippen LogP contribution in [0, 0.1) is 11.7 Å². The summed E-state index contributed by atoms with van der Waals surface area (Å²) in [5.41, 5.74) is 5.92. The second kappa shape index (κ2) is 5.52. The van der Waals surface area contributed by atoms with Crippen LogP contribution in [0.15, 0.2) is 21.5 Å². The highest BCUT2D eigenvalue weighted by atomic mass is 79.9. The lowest BCUT2D eigenvalue weighted by Gasteiger charge is -2.36. The van der Waals surface area contributed by atoms with Gasteiger partial charge in [0.15, 0.2) is 5.82 Å². The minimum atomic E-state index is -3.84. The van der Waals surface area contributed by atoms with Crippen molar-refractivity contribution in [3.8, 4) is 0 Å². The molecule has 1 saturated carbocycles. The van der Waals surface area contributed by atoms with Gasteiger partial charge in [0, 0.05) is 18.3 Å². The van der Waals surface area contributed by atoms with Crippen LogP contribution in [-0.2, 0) is 10.0 Å². The minimum Gasteiger partial charge on any atom is -0.399 e. The van der Waals surface area contributed by atoms with Crippen molar-refractivity contribution in [1.82, 2.24) is 4.31 Å². The number of hydrogen-bond acceptors (Lipinski definition) is 3. The predicted molar refractivity (Wildman–Crippen MR) is 82.8 cm³/mol. The molecule has 1 aliphatic carbocycles. The van der Waals surface area contributed by atoms with Gasteiger partial charge in [-0.2, -0.15) is 4.31 Å². The smallest absolute Gasteiger partial charge is 0.246 e. The zero-order valence-corrected chi connectivity index (χ0v) is 14.0.